The highest BCUT2D eigenvalue weighted by Crippen LogP contribution is 2.48. The summed E-state index contributed by atoms with van der Waals surface area (Å²) in [6.45, 7) is 1.95. The van der Waals surface area contributed by atoms with Gasteiger partial charge in [-0.25, -0.2) is 14.7 Å². The van der Waals surface area contributed by atoms with E-state index in [0.29, 0.717) is 17.5 Å². The number of aryl methyl sites for hydroxylation is 1. The van der Waals surface area contributed by atoms with Gasteiger partial charge in [-0.15, -0.1) is 0 Å². The fourth-order valence-corrected chi connectivity index (χ4v) is 5.61. The fraction of sp³-hybridized carbons (Fsp3) is 0.0645. The molecule has 7 rings (SSSR count). The van der Waals surface area contributed by atoms with Gasteiger partial charge in [0.2, 0.25) is 0 Å². The molecule has 1 N–H and O–H groups in total. The summed E-state index contributed by atoms with van der Waals surface area (Å²) >= 11 is 3.50. The standard InChI is InChI=1S/C31H22BrN7O2/c1-19-27-28(20-8-7-11-24(18-20)39(40)41)37-26-13-6-5-12-25(26)34-29(33-22-16-14-21(32)15-17-22)31(37)35-30(27)38(36-19)23-9-3-2-4-10-23/h2-18,28H,1H3,(H,33,34)/t28-/m0/s1. The lowest BCUT2D eigenvalue weighted by Gasteiger charge is -2.40. The SMILES string of the molecule is Cc1nn(-c2ccccc2)c2c1[C@H](c1cccc([N+](=O)[O-])c1)N1C(=N2)C(Nc2ccc(Br)cc2)=Nc2ccccc21. The second kappa shape index (κ2) is 9.83. The highest BCUT2D eigenvalue weighted by atomic mass is 79.9. The van der Waals surface area contributed by atoms with Crippen LogP contribution in [0.5, 0.6) is 0 Å². The van der Waals surface area contributed by atoms with Gasteiger partial charge in [-0.1, -0.05) is 58.4 Å². The number of amidine groups is 2. The summed E-state index contributed by atoms with van der Waals surface area (Å²) in [5, 5.41) is 20.2. The quantitative estimate of drug-likeness (QED) is 0.168. The van der Waals surface area contributed by atoms with Gasteiger partial charge < -0.3 is 10.2 Å². The summed E-state index contributed by atoms with van der Waals surface area (Å²) in [6, 6.07) is 31.8. The van der Waals surface area contributed by atoms with Crippen LogP contribution in [0.15, 0.2) is 118 Å². The normalized spacial score (nSPS) is 15.3. The number of benzene rings is 4. The maximum atomic E-state index is 11.8. The van der Waals surface area contributed by atoms with Gasteiger partial charge in [-0.3, -0.25) is 10.1 Å². The summed E-state index contributed by atoms with van der Waals surface area (Å²) in [5.74, 6) is 1.81. The minimum Gasteiger partial charge on any atom is -0.337 e. The summed E-state index contributed by atoms with van der Waals surface area (Å²) < 4.78 is 2.80. The Morgan fingerprint density at radius 1 is 0.902 bits per heavy atom. The fourth-order valence-electron chi connectivity index (χ4n) is 5.34. The number of para-hydroxylation sites is 3. The molecule has 4 aromatic carbocycles. The van der Waals surface area contributed by atoms with E-state index in [1.807, 2.05) is 96.5 Å². The van der Waals surface area contributed by atoms with Crippen LogP contribution in [0.3, 0.4) is 0 Å². The number of aromatic nitrogens is 2. The van der Waals surface area contributed by atoms with Gasteiger partial charge in [0.1, 0.15) is 0 Å². The molecule has 0 aliphatic carbocycles. The molecular formula is C31H22BrN7O2. The van der Waals surface area contributed by atoms with E-state index in [1.165, 1.54) is 6.07 Å². The van der Waals surface area contributed by atoms with E-state index in [2.05, 4.69) is 26.1 Å². The summed E-state index contributed by atoms with van der Waals surface area (Å²) in [7, 11) is 0. The second-order valence-electron chi connectivity index (χ2n) is 9.71. The van der Waals surface area contributed by atoms with Crippen LogP contribution < -0.4 is 10.2 Å². The molecule has 1 aromatic heterocycles. The maximum absolute atomic E-state index is 11.8. The number of nitro groups is 1. The lowest BCUT2D eigenvalue weighted by molar-refractivity contribution is -0.384. The molecule has 0 unspecified atom stereocenters. The van der Waals surface area contributed by atoms with Gasteiger partial charge in [0.15, 0.2) is 17.5 Å². The van der Waals surface area contributed by atoms with Crippen LogP contribution in [0.2, 0.25) is 0 Å². The van der Waals surface area contributed by atoms with Crippen molar-refractivity contribution in [1.29, 1.82) is 0 Å². The Balaban J connectivity index is 1.50. The third kappa shape index (κ3) is 4.29. The first-order chi connectivity index (χ1) is 20.0. The maximum Gasteiger partial charge on any atom is 0.269 e. The predicted octanol–water partition coefficient (Wildman–Crippen LogP) is 7.65. The number of non-ortho nitro benzene ring substituents is 1. The lowest BCUT2D eigenvalue weighted by Crippen LogP contribution is -2.46. The van der Waals surface area contributed by atoms with Crippen LogP contribution in [0, 0.1) is 17.0 Å². The molecule has 0 bridgehead atoms. The Hall–Kier alpha value is -5.09. The number of nitrogens with one attached hydrogen (secondary N) is 1. The van der Waals surface area contributed by atoms with Crippen LogP contribution in [0.25, 0.3) is 5.69 Å². The molecule has 0 radical (unpaired) electrons. The first-order valence-corrected chi connectivity index (χ1v) is 13.7. The zero-order valence-corrected chi connectivity index (χ0v) is 23.4. The largest absolute Gasteiger partial charge is 0.337 e. The number of aliphatic imine (C=N–C) groups is 2. The van der Waals surface area contributed by atoms with Crippen LogP contribution in [-0.4, -0.2) is 26.4 Å². The molecule has 200 valence electrons. The van der Waals surface area contributed by atoms with E-state index in [9.17, 15) is 10.1 Å². The van der Waals surface area contributed by atoms with Crippen molar-refractivity contribution in [2.75, 3.05) is 10.2 Å². The van der Waals surface area contributed by atoms with Crippen LogP contribution in [-0.2, 0) is 0 Å². The molecule has 41 heavy (non-hydrogen) atoms. The van der Waals surface area contributed by atoms with Crippen molar-refractivity contribution in [2.45, 2.75) is 13.0 Å². The molecule has 2 aliphatic rings. The number of fused-ring (bicyclic) bond motifs is 4. The Labute approximate surface area is 243 Å². The van der Waals surface area contributed by atoms with Crippen molar-refractivity contribution < 1.29 is 4.92 Å². The average Bonchev–Trinajstić information content (AvgIpc) is 3.33. The first-order valence-electron chi connectivity index (χ1n) is 13.0. The number of hydrogen-bond acceptors (Lipinski definition) is 7. The molecule has 0 saturated heterocycles. The van der Waals surface area contributed by atoms with Gasteiger partial charge in [-0.2, -0.15) is 5.10 Å². The summed E-state index contributed by atoms with van der Waals surface area (Å²) in [4.78, 5) is 23.7. The number of halogens is 1. The molecule has 0 saturated carbocycles. The van der Waals surface area contributed by atoms with Crippen molar-refractivity contribution in [3.63, 3.8) is 0 Å². The van der Waals surface area contributed by atoms with E-state index in [4.69, 9.17) is 15.1 Å². The number of rotatable bonds is 4. The zero-order valence-electron chi connectivity index (χ0n) is 21.8. The predicted molar refractivity (Wildman–Crippen MR) is 164 cm³/mol. The van der Waals surface area contributed by atoms with Gasteiger partial charge >= 0.3 is 0 Å². The topological polar surface area (TPSA) is 101 Å². The van der Waals surface area contributed by atoms with Crippen molar-refractivity contribution >= 4 is 56.2 Å². The Morgan fingerprint density at radius 2 is 1.66 bits per heavy atom. The number of nitro benzene ring substituents is 1. The van der Waals surface area contributed by atoms with Crippen LogP contribution in [0.1, 0.15) is 22.9 Å². The molecule has 1 atom stereocenters. The molecule has 5 aromatic rings. The molecular weight excluding hydrogens is 582 g/mol. The van der Waals surface area contributed by atoms with E-state index in [-0.39, 0.29) is 10.6 Å². The molecule has 0 fully saturated rings. The molecule has 9 nitrogen and oxygen atoms in total. The monoisotopic (exact) mass is 603 g/mol. The second-order valence-corrected chi connectivity index (χ2v) is 10.6. The van der Waals surface area contributed by atoms with Gasteiger partial charge in [0, 0.05) is 27.9 Å². The van der Waals surface area contributed by atoms with E-state index in [0.717, 1.165) is 44.0 Å². The van der Waals surface area contributed by atoms with Gasteiger partial charge in [-0.05, 0) is 61.0 Å². The van der Waals surface area contributed by atoms with E-state index >= 15 is 0 Å². The molecule has 0 spiro atoms. The van der Waals surface area contributed by atoms with Crippen LogP contribution in [0.4, 0.5) is 28.6 Å². The molecule has 3 heterocycles. The van der Waals surface area contributed by atoms with Gasteiger partial charge in [0.25, 0.3) is 5.69 Å². The van der Waals surface area contributed by atoms with Crippen molar-refractivity contribution in [3.8, 4) is 5.69 Å². The molecule has 10 heteroatoms. The third-order valence-electron chi connectivity index (χ3n) is 7.14. The van der Waals surface area contributed by atoms with E-state index in [1.54, 1.807) is 12.1 Å². The van der Waals surface area contributed by atoms with E-state index < -0.39 is 6.04 Å². The van der Waals surface area contributed by atoms with Crippen molar-refractivity contribution in [3.05, 3.63) is 135 Å². The minimum absolute atomic E-state index is 0.0217. The number of anilines is 2. The molecule has 2 aliphatic heterocycles. The Kier molecular flexibility index (Phi) is 5.97. The number of hydrogen-bond donors (Lipinski definition) is 1. The third-order valence-corrected chi connectivity index (χ3v) is 7.67. The highest BCUT2D eigenvalue weighted by molar-refractivity contribution is 9.10. The van der Waals surface area contributed by atoms with Crippen LogP contribution >= 0.6 is 15.9 Å². The number of nitrogens with zero attached hydrogens (tertiary/aromatic N) is 6. The van der Waals surface area contributed by atoms with Crippen molar-refractivity contribution in [1.82, 2.24) is 9.78 Å². The lowest BCUT2D eigenvalue weighted by atomic mass is 9.93. The highest BCUT2D eigenvalue weighted by Gasteiger charge is 2.41. The molecule has 0 amide bonds. The first kappa shape index (κ1) is 24.9. The summed E-state index contributed by atoms with van der Waals surface area (Å²) in [5.41, 5.74) is 5.75. The zero-order chi connectivity index (χ0) is 28.1. The smallest absolute Gasteiger partial charge is 0.269 e. The average molecular weight is 604 g/mol. The van der Waals surface area contributed by atoms with Gasteiger partial charge in [0.05, 0.1) is 33.7 Å². The summed E-state index contributed by atoms with van der Waals surface area (Å²) in [6.07, 6.45) is 0. The minimum atomic E-state index is -0.451. The Morgan fingerprint density at radius 3 is 2.44 bits per heavy atom. The van der Waals surface area contributed by atoms with Crippen molar-refractivity contribution in [2.24, 2.45) is 9.98 Å². The Bertz CT molecular complexity index is 1880.